The van der Waals surface area contributed by atoms with Gasteiger partial charge in [0.1, 0.15) is 4.90 Å². The van der Waals surface area contributed by atoms with Crippen molar-refractivity contribution < 1.29 is 18.0 Å². The van der Waals surface area contributed by atoms with Gasteiger partial charge in [0.2, 0.25) is 15.9 Å². The molecule has 0 aromatic carbocycles. The molecule has 0 saturated carbocycles. The fraction of sp³-hybridized carbons (Fsp3) is 0.400. The number of thiophene rings is 1. The SMILES string of the molecule is Cc1noc(CCNS(=O)(=O)c2cc(CO)sc2Br)n1. The third kappa shape index (κ3) is 3.64. The molecule has 0 bridgehead atoms. The van der Waals surface area contributed by atoms with Crippen LogP contribution in [-0.2, 0) is 23.1 Å². The van der Waals surface area contributed by atoms with Gasteiger partial charge >= 0.3 is 0 Å². The molecular formula is C10H12BrN3O4S2. The molecule has 10 heteroatoms. The Labute approximate surface area is 128 Å². The van der Waals surface area contributed by atoms with Crippen molar-refractivity contribution >= 4 is 37.3 Å². The van der Waals surface area contributed by atoms with Crippen LogP contribution in [0.1, 0.15) is 16.6 Å². The first-order valence-electron chi connectivity index (χ1n) is 5.60. The third-order valence-corrected chi connectivity index (χ3v) is 6.05. The molecule has 7 nitrogen and oxygen atoms in total. The Morgan fingerprint density at radius 1 is 1.55 bits per heavy atom. The van der Waals surface area contributed by atoms with E-state index in [9.17, 15) is 8.42 Å². The number of aliphatic hydroxyl groups excluding tert-OH is 1. The van der Waals surface area contributed by atoms with E-state index in [0.29, 0.717) is 26.8 Å². The molecule has 0 atom stereocenters. The zero-order valence-corrected chi connectivity index (χ0v) is 13.7. The van der Waals surface area contributed by atoms with E-state index in [-0.39, 0.29) is 18.0 Å². The highest BCUT2D eigenvalue weighted by atomic mass is 79.9. The predicted octanol–water partition coefficient (Wildman–Crippen LogP) is 1.22. The van der Waals surface area contributed by atoms with Crippen LogP contribution >= 0.6 is 27.3 Å². The molecular weight excluding hydrogens is 370 g/mol. The molecule has 0 aliphatic rings. The quantitative estimate of drug-likeness (QED) is 0.778. The second-order valence-electron chi connectivity index (χ2n) is 3.89. The smallest absolute Gasteiger partial charge is 0.242 e. The van der Waals surface area contributed by atoms with Gasteiger partial charge in [-0.05, 0) is 28.9 Å². The van der Waals surface area contributed by atoms with Crippen molar-refractivity contribution in [2.24, 2.45) is 0 Å². The first-order chi connectivity index (χ1) is 9.42. The average Bonchev–Trinajstić information content (AvgIpc) is 2.95. The van der Waals surface area contributed by atoms with Gasteiger partial charge in [0.05, 0.1) is 10.4 Å². The zero-order chi connectivity index (χ0) is 14.8. The van der Waals surface area contributed by atoms with Gasteiger partial charge in [-0.3, -0.25) is 0 Å². The molecule has 0 aliphatic heterocycles. The first-order valence-corrected chi connectivity index (χ1v) is 8.69. The van der Waals surface area contributed by atoms with E-state index in [1.165, 1.54) is 17.4 Å². The molecule has 0 radical (unpaired) electrons. The Morgan fingerprint density at radius 3 is 2.85 bits per heavy atom. The monoisotopic (exact) mass is 381 g/mol. The molecule has 2 N–H and O–H groups in total. The summed E-state index contributed by atoms with van der Waals surface area (Å²) in [6, 6.07) is 1.44. The number of nitrogens with one attached hydrogen (secondary N) is 1. The summed E-state index contributed by atoms with van der Waals surface area (Å²) in [5.74, 6) is 0.890. The van der Waals surface area contributed by atoms with Gasteiger partial charge < -0.3 is 9.63 Å². The summed E-state index contributed by atoms with van der Waals surface area (Å²) in [6.45, 7) is 1.65. The lowest BCUT2D eigenvalue weighted by molar-refractivity contribution is 0.285. The number of hydrogen-bond acceptors (Lipinski definition) is 7. The fourth-order valence-electron chi connectivity index (χ4n) is 1.47. The number of hydrogen-bond donors (Lipinski definition) is 2. The van der Waals surface area contributed by atoms with E-state index in [2.05, 4.69) is 30.8 Å². The number of rotatable bonds is 6. The van der Waals surface area contributed by atoms with Gasteiger partial charge in [-0.25, -0.2) is 13.1 Å². The Hall–Kier alpha value is -0.810. The van der Waals surface area contributed by atoms with Crippen molar-refractivity contribution in [2.45, 2.75) is 24.8 Å². The van der Waals surface area contributed by atoms with Crippen molar-refractivity contribution in [2.75, 3.05) is 6.54 Å². The maximum Gasteiger partial charge on any atom is 0.242 e. The van der Waals surface area contributed by atoms with Crippen LogP contribution in [0.15, 0.2) is 19.3 Å². The minimum atomic E-state index is -3.63. The summed E-state index contributed by atoms with van der Waals surface area (Å²) >= 11 is 4.36. The molecule has 2 aromatic rings. The van der Waals surface area contributed by atoms with Crippen LogP contribution in [-0.4, -0.2) is 30.2 Å². The maximum atomic E-state index is 12.1. The molecule has 110 valence electrons. The van der Waals surface area contributed by atoms with Gasteiger partial charge in [0.15, 0.2) is 5.82 Å². The Balaban J connectivity index is 2.01. The highest BCUT2D eigenvalue weighted by Crippen LogP contribution is 2.31. The number of nitrogens with zero attached hydrogens (tertiary/aromatic N) is 2. The summed E-state index contributed by atoms with van der Waals surface area (Å²) in [4.78, 5) is 4.68. The molecule has 2 heterocycles. The van der Waals surface area contributed by atoms with Crippen molar-refractivity contribution in [3.05, 3.63) is 26.4 Å². The first kappa shape index (κ1) is 15.6. The lowest BCUT2D eigenvalue weighted by Gasteiger charge is -2.03. The zero-order valence-electron chi connectivity index (χ0n) is 10.5. The highest BCUT2D eigenvalue weighted by molar-refractivity contribution is 9.11. The molecule has 0 unspecified atom stereocenters. The molecule has 0 spiro atoms. The summed E-state index contributed by atoms with van der Waals surface area (Å²) in [6.07, 6.45) is 0.314. The van der Waals surface area contributed by atoms with Crippen molar-refractivity contribution in [3.63, 3.8) is 0 Å². The number of sulfonamides is 1. The number of halogens is 1. The van der Waals surface area contributed by atoms with Gasteiger partial charge in [0, 0.05) is 17.8 Å². The molecule has 0 amide bonds. The average molecular weight is 382 g/mol. The molecule has 0 aliphatic carbocycles. The Bertz CT molecular complexity index is 695. The van der Waals surface area contributed by atoms with Gasteiger partial charge in [-0.2, -0.15) is 4.98 Å². The van der Waals surface area contributed by atoms with E-state index >= 15 is 0 Å². The van der Waals surface area contributed by atoms with E-state index in [1.54, 1.807) is 6.92 Å². The lowest BCUT2D eigenvalue weighted by Crippen LogP contribution is -2.26. The molecule has 2 rings (SSSR count). The summed E-state index contributed by atoms with van der Waals surface area (Å²) < 4.78 is 32.0. The Kier molecular flexibility index (Phi) is 4.91. The normalized spacial score (nSPS) is 11.9. The van der Waals surface area contributed by atoms with Crippen LogP contribution in [0.4, 0.5) is 0 Å². The minimum Gasteiger partial charge on any atom is -0.391 e. The standard InChI is InChI=1S/C10H12BrN3O4S2/c1-6-13-9(18-14-6)2-3-12-20(16,17)8-4-7(5-15)19-10(8)11/h4,12,15H,2-3,5H2,1H3. The van der Waals surface area contributed by atoms with Gasteiger partial charge in [-0.15, -0.1) is 11.3 Å². The van der Waals surface area contributed by atoms with Crippen LogP contribution in [0.25, 0.3) is 0 Å². The van der Waals surface area contributed by atoms with Crippen LogP contribution in [0.3, 0.4) is 0 Å². The van der Waals surface area contributed by atoms with Crippen LogP contribution in [0, 0.1) is 6.92 Å². The van der Waals surface area contributed by atoms with Crippen LogP contribution < -0.4 is 4.72 Å². The van der Waals surface area contributed by atoms with Gasteiger partial charge in [0.25, 0.3) is 0 Å². The third-order valence-electron chi connectivity index (χ3n) is 2.35. The molecule has 0 fully saturated rings. The summed E-state index contributed by atoms with van der Waals surface area (Å²) in [5.41, 5.74) is 0. The van der Waals surface area contributed by atoms with Crippen molar-refractivity contribution in [1.82, 2.24) is 14.9 Å². The second kappa shape index (κ2) is 6.31. The number of aryl methyl sites for hydroxylation is 1. The summed E-state index contributed by atoms with van der Waals surface area (Å²) in [5, 5.41) is 12.6. The fourth-order valence-corrected chi connectivity index (χ4v) is 5.04. The Morgan fingerprint density at radius 2 is 2.30 bits per heavy atom. The predicted molar refractivity (Wildman–Crippen MR) is 75.9 cm³/mol. The van der Waals surface area contributed by atoms with Crippen molar-refractivity contribution in [3.8, 4) is 0 Å². The van der Waals surface area contributed by atoms with E-state index in [4.69, 9.17) is 9.63 Å². The minimum absolute atomic E-state index is 0.119. The summed E-state index contributed by atoms with van der Waals surface area (Å²) in [7, 11) is -3.63. The molecule has 2 aromatic heterocycles. The lowest BCUT2D eigenvalue weighted by atomic mass is 10.4. The number of aromatic nitrogens is 2. The number of aliphatic hydroxyl groups is 1. The molecule has 20 heavy (non-hydrogen) atoms. The molecule has 0 saturated heterocycles. The van der Waals surface area contributed by atoms with E-state index in [1.807, 2.05) is 0 Å². The van der Waals surface area contributed by atoms with E-state index in [0.717, 1.165) is 0 Å². The highest BCUT2D eigenvalue weighted by Gasteiger charge is 2.20. The topological polar surface area (TPSA) is 105 Å². The largest absolute Gasteiger partial charge is 0.391 e. The van der Waals surface area contributed by atoms with Crippen molar-refractivity contribution in [1.29, 1.82) is 0 Å². The van der Waals surface area contributed by atoms with Crippen LogP contribution in [0.5, 0.6) is 0 Å². The second-order valence-corrected chi connectivity index (χ2v) is 8.08. The van der Waals surface area contributed by atoms with Gasteiger partial charge in [-0.1, -0.05) is 5.16 Å². The van der Waals surface area contributed by atoms with E-state index < -0.39 is 10.0 Å². The van der Waals surface area contributed by atoms with Crippen LogP contribution in [0.2, 0.25) is 0 Å². The maximum absolute atomic E-state index is 12.1.